The lowest BCUT2D eigenvalue weighted by Crippen LogP contribution is -2.65. The zero-order chi connectivity index (χ0) is 46.1. The summed E-state index contributed by atoms with van der Waals surface area (Å²) in [5.74, 6) is -5.91. The number of methoxy groups -OCH3 is 1. The van der Waals surface area contributed by atoms with Crippen LogP contribution in [-0.4, -0.2) is 166 Å². The molecule has 9 unspecified atom stereocenters. The summed E-state index contributed by atoms with van der Waals surface area (Å²) in [6.07, 6.45) is -15.5. The molecule has 21 heteroatoms. The number of rotatable bonds is 10. The number of nitrogens with zero attached hydrogens (tertiary/aromatic N) is 1. The van der Waals surface area contributed by atoms with Gasteiger partial charge in [-0.05, 0) is 56.6 Å². The van der Waals surface area contributed by atoms with E-state index in [4.69, 9.17) is 28.5 Å². The summed E-state index contributed by atoms with van der Waals surface area (Å²) in [5, 5.41) is 96.7. The lowest BCUT2D eigenvalue weighted by molar-refractivity contribution is -0.339. The Balaban J connectivity index is 1.36. The number of aliphatic hydroxyl groups excluding tert-OH is 5. The Bertz CT molecular complexity index is 2350. The fourth-order valence-corrected chi connectivity index (χ4v) is 8.55. The van der Waals surface area contributed by atoms with E-state index >= 15 is 0 Å². The Hall–Kier alpha value is -5.30. The summed E-state index contributed by atoms with van der Waals surface area (Å²) < 4.78 is 29.1. The smallest absolute Gasteiger partial charge is 0.347 e. The maximum Gasteiger partial charge on any atom is 0.347 e. The van der Waals surface area contributed by atoms with Crippen molar-refractivity contribution in [3.05, 3.63) is 68.8 Å². The third-order valence-electron chi connectivity index (χ3n) is 11.7. The summed E-state index contributed by atoms with van der Waals surface area (Å²) in [7, 11) is 5.72. The van der Waals surface area contributed by atoms with Gasteiger partial charge in [-0.1, -0.05) is 6.07 Å². The van der Waals surface area contributed by atoms with Gasteiger partial charge in [0.2, 0.25) is 0 Å². The number of phenolic OH excluding ortho intramolecular Hbond substituents is 3. The van der Waals surface area contributed by atoms with Crippen LogP contribution in [0.25, 0.3) is 11.1 Å². The predicted molar refractivity (Wildman–Crippen MR) is 213 cm³/mol. The molecule has 0 aromatic heterocycles. The Morgan fingerprint density at radius 3 is 2.14 bits per heavy atom. The molecule has 0 saturated carbocycles. The van der Waals surface area contributed by atoms with Crippen molar-refractivity contribution in [2.75, 3.05) is 34.9 Å². The summed E-state index contributed by atoms with van der Waals surface area (Å²) in [6, 6.07) is 2.71. The second-order valence-corrected chi connectivity index (χ2v) is 16.0. The molecule has 10 N–H and O–H groups in total. The van der Waals surface area contributed by atoms with Gasteiger partial charge in [0.15, 0.2) is 24.1 Å². The van der Waals surface area contributed by atoms with Gasteiger partial charge < -0.3 is 80.0 Å². The van der Waals surface area contributed by atoms with Crippen molar-refractivity contribution in [2.45, 2.75) is 94.3 Å². The zero-order valence-electron chi connectivity index (χ0n) is 35.1. The van der Waals surface area contributed by atoms with E-state index < -0.39 is 143 Å². The number of hydrogen-bond donors (Lipinski definition) is 10. The van der Waals surface area contributed by atoms with E-state index in [0.717, 1.165) is 17.2 Å². The van der Waals surface area contributed by atoms with Gasteiger partial charge in [-0.3, -0.25) is 14.4 Å². The van der Waals surface area contributed by atoms with E-state index in [-0.39, 0.29) is 39.1 Å². The summed E-state index contributed by atoms with van der Waals surface area (Å²) >= 11 is 0. The molecule has 2 saturated heterocycles. The van der Waals surface area contributed by atoms with Crippen molar-refractivity contribution in [3.63, 3.8) is 0 Å². The average molecular weight is 884 g/mol. The second kappa shape index (κ2) is 17.3. The van der Waals surface area contributed by atoms with Crippen LogP contribution < -0.4 is 15.4 Å². The number of likely N-dealkylation sites (N-methyl/N-ethyl adjacent to an activating group) is 1. The number of aromatic hydroxyl groups is 3. The van der Waals surface area contributed by atoms with Crippen LogP contribution in [0.15, 0.2) is 24.3 Å². The van der Waals surface area contributed by atoms with Crippen LogP contribution in [0.5, 0.6) is 23.0 Å². The molecule has 4 aliphatic rings. The molecule has 63 heavy (non-hydrogen) atoms. The molecule has 3 aromatic carbocycles. The Morgan fingerprint density at radius 1 is 0.841 bits per heavy atom. The number of benzene rings is 3. The molecule has 0 bridgehead atoms. The number of nitrogens with one attached hydrogen (secondary N) is 2. The molecule has 0 spiro atoms. The number of aryl methyl sites for hydroxylation is 1. The number of fused-ring (bicyclic) bond motifs is 5. The van der Waals surface area contributed by atoms with Crippen LogP contribution in [0.4, 0.5) is 0 Å². The van der Waals surface area contributed by atoms with E-state index in [1.54, 1.807) is 14.0 Å². The molecular formula is C42H49N3O18. The van der Waals surface area contributed by atoms with Crippen LogP contribution in [0, 0.1) is 6.92 Å². The maximum absolute atomic E-state index is 14.2. The van der Waals surface area contributed by atoms with Gasteiger partial charge in [-0.25, -0.2) is 4.79 Å². The molecule has 340 valence electrons. The highest BCUT2D eigenvalue weighted by molar-refractivity contribution is 6.31. The number of phenols is 3. The first-order valence-electron chi connectivity index (χ1n) is 19.8. The van der Waals surface area contributed by atoms with Crippen LogP contribution in [0.3, 0.4) is 0 Å². The first kappa shape index (κ1) is 45.7. The van der Waals surface area contributed by atoms with E-state index in [0.29, 0.717) is 0 Å². The third-order valence-corrected chi connectivity index (χ3v) is 11.7. The fraction of sp³-hybridized carbons (Fsp3) is 0.476. The summed E-state index contributed by atoms with van der Waals surface area (Å²) in [5.41, 5.74) is -3.13. The number of hydrogen-bond acceptors (Lipinski definition) is 20. The maximum atomic E-state index is 14.2. The van der Waals surface area contributed by atoms with Gasteiger partial charge in [0.25, 0.3) is 5.91 Å². The number of carbonyl (C=O) groups excluding carboxylic acids is 4. The van der Waals surface area contributed by atoms with E-state index in [2.05, 4.69) is 10.6 Å². The van der Waals surface area contributed by atoms with Gasteiger partial charge in [0.05, 0.1) is 42.6 Å². The highest BCUT2D eigenvalue weighted by Crippen LogP contribution is 2.57. The number of amides is 1. The normalized spacial score (nSPS) is 29.3. The molecule has 2 fully saturated rings. The van der Waals surface area contributed by atoms with Gasteiger partial charge in [-0.15, -0.1) is 5.06 Å². The third kappa shape index (κ3) is 7.78. The monoisotopic (exact) mass is 883 g/mol. The Kier molecular flexibility index (Phi) is 12.6. The predicted octanol–water partition coefficient (Wildman–Crippen LogP) is -0.676. The number of hydroxylamine groups is 2. The molecule has 2 aliphatic heterocycles. The first-order chi connectivity index (χ1) is 29.7. The van der Waals surface area contributed by atoms with Gasteiger partial charge in [-0.2, -0.15) is 0 Å². The molecule has 3 aromatic rings. The average Bonchev–Trinajstić information content (AvgIpc) is 3.22. The number of ether oxygens (including phenoxy) is 5. The van der Waals surface area contributed by atoms with E-state index in [9.17, 15) is 60.0 Å². The minimum absolute atomic E-state index is 0.0236. The van der Waals surface area contributed by atoms with Crippen LogP contribution >= 0.6 is 0 Å². The topological polar surface area (TPSA) is 313 Å². The van der Waals surface area contributed by atoms with Crippen molar-refractivity contribution in [1.29, 1.82) is 0 Å². The molecule has 0 radical (unpaired) electrons. The lowest BCUT2D eigenvalue weighted by Gasteiger charge is -2.47. The SMILES string of the molecule is CNC1C(C)OC(O[C@H]2c3cc(C)c(C(=O)N[C@H](C)C(=O)ON(C)C)c(O)c3-c3c(cc4c(c3O)C(=O)c3cc(OC)cc(O)c3C4=O)[C@@H]2O)C(O)C1OC1OCC(O)C(O)C1O. The Morgan fingerprint density at radius 2 is 1.49 bits per heavy atom. The van der Waals surface area contributed by atoms with Gasteiger partial charge in [0, 0.05) is 42.4 Å². The lowest BCUT2D eigenvalue weighted by atomic mass is 9.74. The molecule has 7 rings (SSSR count). The summed E-state index contributed by atoms with van der Waals surface area (Å²) in [6.45, 7) is 3.97. The quantitative estimate of drug-likeness (QED) is 0.0883. The molecule has 21 nitrogen and oxygen atoms in total. The van der Waals surface area contributed by atoms with Crippen molar-refractivity contribution in [3.8, 4) is 34.1 Å². The van der Waals surface area contributed by atoms with Crippen molar-refractivity contribution >= 4 is 23.4 Å². The number of carbonyl (C=O) groups is 4. The van der Waals surface area contributed by atoms with Crippen LogP contribution in [0.1, 0.15) is 84.9 Å². The highest BCUT2D eigenvalue weighted by atomic mass is 16.7. The van der Waals surface area contributed by atoms with Crippen molar-refractivity contribution in [1.82, 2.24) is 15.7 Å². The van der Waals surface area contributed by atoms with Crippen LogP contribution in [-0.2, 0) is 28.6 Å². The minimum atomic E-state index is -1.88. The molecule has 2 heterocycles. The molecule has 12 atom stereocenters. The van der Waals surface area contributed by atoms with Crippen LogP contribution in [0.2, 0.25) is 0 Å². The largest absolute Gasteiger partial charge is 0.507 e. The Labute approximate surface area is 359 Å². The second-order valence-electron chi connectivity index (χ2n) is 16.0. The number of ketones is 2. The first-order valence-corrected chi connectivity index (χ1v) is 19.8. The standard InChI is InChI=1S/C42H49N3O18/c1-13-8-20-26(33(52)23(13)39(56)44-14(2)40(57)63-45(5)6)25-18(11-19-27(34(25)53)30(49)17-9-16(58-7)10-21(46)24(17)29(19)48)31(50)37(20)61-42-36(55)38(28(43-4)15(3)60-42)62-41-35(54)32(51)22(47)12-59-41/h8-11,14-15,22,28,31-32,35-38,41-43,46-47,50-55H,12H2,1-7H3,(H,44,56)/t14-,15?,22?,28?,31+,32?,35?,36?,37+,38?,41?,42?/m1/s1. The van der Waals surface area contributed by atoms with Gasteiger partial charge >= 0.3 is 5.97 Å². The molecule has 2 aliphatic carbocycles. The van der Waals surface area contributed by atoms with Crippen molar-refractivity contribution in [2.24, 2.45) is 0 Å². The van der Waals surface area contributed by atoms with Gasteiger partial charge in [0.1, 0.15) is 71.8 Å². The highest BCUT2D eigenvalue weighted by Gasteiger charge is 2.51. The molecule has 1 amide bonds. The van der Waals surface area contributed by atoms with E-state index in [1.807, 2.05) is 0 Å². The van der Waals surface area contributed by atoms with E-state index in [1.165, 1.54) is 47.2 Å². The fourth-order valence-electron chi connectivity index (χ4n) is 8.55. The summed E-state index contributed by atoms with van der Waals surface area (Å²) in [4.78, 5) is 59.8. The minimum Gasteiger partial charge on any atom is -0.507 e. The van der Waals surface area contributed by atoms with Crippen molar-refractivity contribution < 1.29 is 88.6 Å². The molecular weight excluding hydrogens is 834 g/mol. The zero-order valence-corrected chi connectivity index (χ0v) is 35.1. The number of aliphatic hydroxyl groups is 5.